The van der Waals surface area contributed by atoms with Crippen molar-refractivity contribution in [3.63, 3.8) is 0 Å². The third-order valence-electron chi connectivity index (χ3n) is 6.61. The molecule has 2 aliphatic rings. The van der Waals surface area contributed by atoms with E-state index in [9.17, 15) is 22.8 Å². The van der Waals surface area contributed by atoms with Crippen LogP contribution in [0.15, 0.2) is 30.3 Å². The normalized spacial score (nSPS) is 20.0. The van der Waals surface area contributed by atoms with Gasteiger partial charge < -0.3 is 10.2 Å². The van der Waals surface area contributed by atoms with Crippen LogP contribution in [0.1, 0.15) is 46.6 Å². The van der Waals surface area contributed by atoms with Gasteiger partial charge in [0.15, 0.2) is 5.69 Å². The molecule has 1 spiro atoms. The van der Waals surface area contributed by atoms with Gasteiger partial charge in [0.1, 0.15) is 0 Å². The van der Waals surface area contributed by atoms with Crippen molar-refractivity contribution < 1.29 is 22.8 Å². The summed E-state index contributed by atoms with van der Waals surface area (Å²) in [7, 11) is 1.80. The summed E-state index contributed by atoms with van der Waals surface area (Å²) in [6, 6.07) is 6.77. The van der Waals surface area contributed by atoms with Crippen LogP contribution in [-0.4, -0.2) is 39.6 Å². The van der Waals surface area contributed by atoms with Crippen LogP contribution in [0.3, 0.4) is 0 Å². The molecule has 6 nitrogen and oxygen atoms in total. The molecule has 0 bridgehead atoms. The Morgan fingerprint density at radius 2 is 1.94 bits per heavy atom. The number of aryl methyl sites for hydroxylation is 2. The minimum atomic E-state index is -4.40. The second-order valence-corrected chi connectivity index (χ2v) is 8.62. The van der Waals surface area contributed by atoms with Gasteiger partial charge in [0.2, 0.25) is 5.91 Å². The van der Waals surface area contributed by atoms with E-state index in [-0.39, 0.29) is 29.7 Å². The lowest BCUT2D eigenvalue weighted by Crippen LogP contribution is -2.40. The summed E-state index contributed by atoms with van der Waals surface area (Å²) in [6.45, 7) is 3.11. The standard InChI is InChI=1S/C22H25F3N4O2/c1-14-10-18(27-28(14)2)20(31)29-8-6-21(7-9-29)12-17(21)19(30)26-13-15-4-3-5-16(11-15)22(23,24)25/h3-5,10-11,17H,6-9,12-13H2,1-2H3,(H,26,30). The molecule has 1 saturated carbocycles. The minimum absolute atomic E-state index is 0.0684. The molecule has 2 aromatic rings. The summed E-state index contributed by atoms with van der Waals surface area (Å²) >= 11 is 0. The van der Waals surface area contributed by atoms with Gasteiger partial charge in [-0.05, 0) is 55.4 Å². The van der Waals surface area contributed by atoms with Gasteiger partial charge in [-0.3, -0.25) is 14.3 Å². The van der Waals surface area contributed by atoms with Crippen molar-refractivity contribution in [3.05, 3.63) is 52.8 Å². The maximum atomic E-state index is 12.8. The lowest BCUT2D eigenvalue weighted by Gasteiger charge is -2.32. The summed E-state index contributed by atoms with van der Waals surface area (Å²) in [5, 5.41) is 7.03. The molecule has 1 aromatic heterocycles. The van der Waals surface area contributed by atoms with Crippen LogP contribution in [0.2, 0.25) is 0 Å². The van der Waals surface area contributed by atoms with E-state index in [2.05, 4.69) is 10.4 Å². The number of benzene rings is 1. The van der Waals surface area contributed by atoms with Crippen LogP contribution in [0.25, 0.3) is 0 Å². The monoisotopic (exact) mass is 434 g/mol. The lowest BCUT2D eigenvalue weighted by molar-refractivity contribution is -0.137. The fraction of sp³-hybridized carbons (Fsp3) is 0.500. The van der Waals surface area contributed by atoms with Gasteiger partial charge >= 0.3 is 6.18 Å². The number of nitrogens with zero attached hydrogens (tertiary/aromatic N) is 3. The maximum Gasteiger partial charge on any atom is 0.416 e. The first-order chi connectivity index (χ1) is 14.6. The number of carbonyl (C=O) groups excluding carboxylic acids is 2. The number of nitrogens with one attached hydrogen (secondary N) is 1. The number of likely N-dealkylation sites (tertiary alicyclic amines) is 1. The number of carbonyl (C=O) groups is 2. The van der Waals surface area contributed by atoms with Gasteiger partial charge in [-0.1, -0.05) is 12.1 Å². The van der Waals surface area contributed by atoms with Crippen LogP contribution in [-0.2, 0) is 24.6 Å². The molecule has 2 heterocycles. The van der Waals surface area contributed by atoms with Crippen molar-refractivity contribution in [2.24, 2.45) is 18.4 Å². The quantitative estimate of drug-likeness (QED) is 0.803. The predicted octanol–water partition coefficient (Wildman–Crippen LogP) is 3.31. The number of hydrogen-bond acceptors (Lipinski definition) is 3. The summed E-state index contributed by atoms with van der Waals surface area (Å²) in [4.78, 5) is 27.0. The third-order valence-corrected chi connectivity index (χ3v) is 6.61. The Bertz CT molecular complexity index is 987. The van der Waals surface area contributed by atoms with E-state index in [1.54, 1.807) is 28.8 Å². The van der Waals surface area contributed by atoms with Gasteiger partial charge in [-0.25, -0.2) is 0 Å². The predicted molar refractivity (Wildman–Crippen MR) is 107 cm³/mol. The zero-order valence-corrected chi connectivity index (χ0v) is 17.5. The van der Waals surface area contributed by atoms with Crippen molar-refractivity contribution in [1.82, 2.24) is 20.0 Å². The molecule has 0 radical (unpaired) electrons. The van der Waals surface area contributed by atoms with Gasteiger partial charge in [0.05, 0.1) is 5.56 Å². The van der Waals surface area contributed by atoms with Gasteiger partial charge in [-0.2, -0.15) is 18.3 Å². The van der Waals surface area contributed by atoms with Crippen molar-refractivity contribution in [2.75, 3.05) is 13.1 Å². The number of rotatable bonds is 4. The summed E-state index contributed by atoms with van der Waals surface area (Å²) < 4.78 is 40.2. The first-order valence-electron chi connectivity index (χ1n) is 10.3. The molecular formula is C22H25F3N4O2. The molecule has 1 aliphatic heterocycles. The van der Waals surface area contributed by atoms with E-state index in [1.807, 2.05) is 6.92 Å². The smallest absolute Gasteiger partial charge is 0.352 e. The average molecular weight is 434 g/mol. The van der Waals surface area contributed by atoms with Crippen molar-refractivity contribution in [2.45, 2.75) is 38.9 Å². The van der Waals surface area contributed by atoms with E-state index < -0.39 is 11.7 Å². The summed E-state index contributed by atoms with van der Waals surface area (Å²) in [5.74, 6) is -0.366. The highest BCUT2D eigenvalue weighted by Gasteiger charge is 2.58. The van der Waals surface area contributed by atoms with Crippen LogP contribution < -0.4 is 5.32 Å². The van der Waals surface area contributed by atoms with Crippen molar-refractivity contribution in [1.29, 1.82) is 0 Å². The van der Waals surface area contributed by atoms with Crippen molar-refractivity contribution in [3.8, 4) is 0 Å². The number of alkyl halides is 3. The van der Waals surface area contributed by atoms with E-state index in [0.717, 1.165) is 37.1 Å². The summed E-state index contributed by atoms with van der Waals surface area (Å²) in [6.07, 6.45) is -2.16. The van der Waals surface area contributed by atoms with Gasteiger partial charge in [0, 0.05) is 38.3 Å². The molecule has 1 N–H and O–H groups in total. The zero-order chi connectivity index (χ0) is 22.4. The molecule has 2 amide bonds. The second-order valence-electron chi connectivity index (χ2n) is 8.62. The second kappa shape index (κ2) is 7.69. The van der Waals surface area contributed by atoms with Gasteiger partial charge in [0.25, 0.3) is 5.91 Å². The molecule has 1 aliphatic carbocycles. The van der Waals surface area contributed by atoms with E-state index in [4.69, 9.17) is 0 Å². The Morgan fingerprint density at radius 1 is 1.23 bits per heavy atom. The number of aromatic nitrogens is 2. The summed E-state index contributed by atoms with van der Waals surface area (Å²) in [5.41, 5.74) is 0.944. The van der Waals surface area contributed by atoms with E-state index in [1.165, 1.54) is 6.07 Å². The van der Waals surface area contributed by atoms with Crippen LogP contribution in [0.4, 0.5) is 13.2 Å². The SMILES string of the molecule is Cc1cc(C(=O)N2CCC3(CC2)CC3C(=O)NCc2cccc(C(F)(F)F)c2)nn1C. The molecular weight excluding hydrogens is 409 g/mol. The molecule has 1 atom stereocenters. The highest BCUT2D eigenvalue weighted by molar-refractivity contribution is 5.92. The highest BCUT2D eigenvalue weighted by atomic mass is 19.4. The molecule has 1 saturated heterocycles. The average Bonchev–Trinajstić information content (AvgIpc) is 3.33. The van der Waals surface area contributed by atoms with E-state index in [0.29, 0.717) is 24.3 Å². The topological polar surface area (TPSA) is 67.2 Å². The molecule has 2 fully saturated rings. The fourth-order valence-electron chi connectivity index (χ4n) is 4.42. The largest absolute Gasteiger partial charge is 0.416 e. The molecule has 1 unspecified atom stereocenters. The Kier molecular flexibility index (Phi) is 5.31. The highest BCUT2D eigenvalue weighted by Crippen LogP contribution is 2.59. The number of piperidine rings is 1. The number of amides is 2. The lowest BCUT2D eigenvalue weighted by atomic mass is 9.90. The molecule has 4 rings (SSSR count). The Morgan fingerprint density at radius 3 is 2.55 bits per heavy atom. The third kappa shape index (κ3) is 4.31. The Balaban J connectivity index is 1.29. The first kappa shape index (κ1) is 21.4. The molecule has 1 aromatic carbocycles. The zero-order valence-electron chi connectivity index (χ0n) is 17.5. The fourth-order valence-corrected chi connectivity index (χ4v) is 4.42. The Hall–Kier alpha value is -2.84. The van der Waals surface area contributed by atoms with Crippen LogP contribution in [0, 0.1) is 18.3 Å². The first-order valence-corrected chi connectivity index (χ1v) is 10.3. The van der Waals surface area contributed by atoms with Crippen LogP contribution >= 0.6 is 0 Å². The Labute approximate surface area is 178 Å². The molecule has 166 valence electrons. The number of halogens is 3. The maximum absolute atomic E-state index is 12.8. The molecule has 9 heteroatoms. The number of hydrogen-bond donors (Lipinski definition) is 1. The van der Waals surface area contributed by atoms with Crippen molar-refractivity contribution >= 4 is 11.8 Å². The van der Waals surface area contributed by atoms with Gasteiger partial charge in [-0.15, -0.1) is 0 Å². The minimum Gasteiger partial charge on any atom is -0.352 e. The van der Waals surface area contributed by atoms with E-state index >= 15 is 0 Å². The molecule has 31 heavy (non-hydrogen) atoms. The van der Waals surface area contributed by atoms with Crippen LogP contribution in [0.5, 0.6) is 0 Å².